The van der Waals surface area contributed by atoms with Gasteiger partial charge < -0.3 is 10.0 Å². The highest BCUT2D eigenvalue weighted by Gasteiger charge is 1.85. The summed E-state index contributed by atoms with van der Waals surface area (Å²) >= 11 is 0. The number of carbonyl (C=O) groups is 1. The first-order chi connectivity index (χ1) is 8.18. The molecule has 0 atom stereocenters. The third kappa shape index (κ3) is 16.0. The fourth-order valence-electron chi connectivity index (χ4n) is 0.403. The Labute approximate surface area is 102 Å². The maximum absolute atomic E-state index is 10.2. The quantitative estimate of drug-likeness (QED) is 0.439. The summed E-state index contributed by atoms with van der Waals surface area (Å²) in [6, 6.07) is 0. The van der Waals surface area contributed by atoms with Gasteiger partial charge >= 0.3 is 23.0 Å². The second-order valence-corrected chi connectivity index (χ2v) is 3.25. The summed E-state index contributed by atoms with van der Waals surface area (Å²) in [5, 5.41) is 7.60. The molecule has 0 aromatic carbocycles. The molecule has 0 aliphatic carbocycles. The Morgan fingerprint density at radius 3 is 1.33 bits per heavy atom. The van der Waals surface area contributed by atoms with E-state index in [0.29, 0.717) is 0 Å². The van der Waals surface area contributed by atoms with Crippen molar-refractivity contribution in [1.82, 2.24) is 19.9 Å². The molecule has 18 heavy (non-hydrogen) atoms. The minimum atomic E-state index is -0.981. The maximum atomic E-state index is 10.2. The predicted molar refractivity (Wildman–Crippen MR) is 65.7 cm³/mol. The molecule has 1 rings (SSSR count). The van der Waals surface area contributed by atoms with E-state index in [1.807, 2.05) is 26.0 Å². The van der Waals surface area contributed by atoms with Crippen LogP contribution in [0.1, 0.15) is 0 Å². The third-order valence-electron chi connectivity index (χ3n) is 0.856. The lowest BCUT2D eigenvalue weighted by atomic mass is 10.7. The smallest absolute Gasteiger partial charge is 0.330 e. The van der Waals surface area contributed by atoms with Gasteiger partial charge in [-0.3, -0.25) is 15.0 Å². The van der Waals surface area contributed by atoms with E-state index in [-0.39, 0.29) is 0 Å². The first kappa shape index (κ1) is 18.0. The van der Waals surface area contributed by atoms with Crippen LogP contribution in [0.15, 0.2) is 27.0 Å². The van der Waals surface area contributed by atoms with Crippen LogP contribution >= 0.6 is 0 Å². The van der Waals surface area contributed by atoms with Crippen molar-refractivity contribution >= 4 is 5.97 Å². The molecule has 1 heterocycles. The summed E-state index contributed by atoms with van der Waals surface area (Å²) in [6.07, 6.45) is 0.833. The lowest BCUT2D eigenvalue weighted by Crippen LogP contribution is -2.34. The summed E-state index contributed by atoms with van der Waals surface area (Å²) < 4.78 is 0. The summed E-state index contributed by atoms with van der Waals surface area (Å²) in [5.41, 5.74) is -2.41. The topological polar surface area (TPSA) is 139 Å². The van der Waals surface area contributed by atoms with Gasteiger partial charge in [0.05, 0.1) is 0 Å². The molecule has 0 spiro atoms. The minimum absolute atomic E-state index is 0.802. The molecule has 0 bridgehead atoms. The van der Waals surface area contributed by atoms with Crippen LogP contribution < -0.4 is 17.1 Å². The molecule has 0 saturated carbocycles. The molecule has 9 nitrogen and oxygen atoms in total. The normalized spacial score (nSPS) is 8.44. The number of nitrogens with one attached hydrogen (secondary N) is 3. The third-order valence-corrected chi connectivity index (χ3v) is 0.856. The average molecular weight is 260 g/mol. The molecule has 9 heteroatoms. The highest BCUT2D eigenvalue weighted by molar-refractivity contribution is 5.78. The van der Waals surface area contributed by atoms with Crippen molar-refractivity contribution in [2.24, 2.45) is 0 Å². The summed E-state index contributed by atoms with van der Waals surface area (Å²) in [5.74, 6) is -0.981. The van der Waals surface area contributed by atoms with Crippen LogP contribution in [0.4, 0.5) is 0 Å². The van der Waals surface area contributed by atoms with Crippen LogP contribution in [0.2, 0.25) is 0 Å². The first-order valence-electron chi connectivity index (χ1n) is 4.58. The van der Waals surface area contributed by atoms with Gasteiger partial charge in [-0.15, -0.1) is 0 Å². The van der Waals surface area contributed by atoms with Crippen LogP contribution in [0.3, 0.4) is 0 Å². The van der Waals surface area contributed by atoms with Gasteiger partial charge in [0.25, 0.3) is 0 Å². The number of aromatic amines is 3. The van der Waals surface area contributed by atoms with Gasteiger partial charge in [0, 0.05) is 6.08 Å². The number of H-pyrrole nitrogens is 3. The molecule has 0 aliphatic heterocycles. The summed E-state index contributed by atoms with van der Waals surface area (Å²) in [4.78, 5) is 47.2. The molecule has 0 radical (unpaired) electrons. The van der Waals surface area contributed by atoms with Crippen LogP contribution in [0.25, 0.3) is 0 Å². The van der Waals surface area contributed by atoms with E-state index in [9.17, 15) is 19.2 Å². The van der Waals surface area contributed by atoms with E-state index < -0.39 is 23.0 Å². The molecule has 0 aliphatic rings. The van der Waals surface area contributed by atoms with Crippen molar-refractivity contribution in [2.45, 2.75) is 0 Å². The van der Waals surface area contributed by atoms with E-state index >= 15 is 0 Å². The number of carboxylic acids is 1. The van der Waals surface area contributed by atoms with E-state index in [4.69, 9.17) is 5.11 Å². The van der Waals surface area contributed by atoms with Crippen LogP contribution in [-0.4, -0.2) is 52.1 Å². The zero-order valence-electron chi connectivity index (χ0n) is 10.3. The van der Waals surface area contributed by atoms with Crippen LogP contribution in [-0.2, 0) is 4.79 Å². The molecule has 1 aromatic heterocycles. The number of aromatic nitrogens is 3. The van der Waals surface area contributed by atoms with Gasteiger partial charge in [0.2, 0.25) is 0 Å². The van der Waals surface area contributed by atoms with Crippen molar-refractivity contribution in [1.29, 1.82) is 0 Å². The van der Waals surface area contributed by atoms with Crippen LogP contribution in [0.5, 0.6) is 0 Å². The van der Waals surface area contributed by atoms with Crippen molar-refractivity contribution in [3.05, 3.63) is 44.1 Å². The lowest BCUT2D eigenvalue weighted by molar-refractivity contribution is -0.131. The van der Waals surface area contributed by atoms with Crippen LogP contribution in [0, 0.1) is 0 Å². The predicted octanol–water partition coefficient (Wildman–Crippen LogP) is -1.81. The SMILES string of the molecule is C=CC(=O)O.CN(C)C.O=c1[nH]c(=O)[nH]c(=O)[nH]1. The molecule has 102 valence electrons. The first-order valence-corrected chi connectivity index (χ1v) is 4.58. The number of hydrogen-bond acceptors (Lipinski definition) is 5. The largest absolute Gasteiger partial charge is 0.478 e. The zero-order valence-corrected chi connectivity index (χ0v) is 10.3. The fraction of sp³-hybridized carbons (Fsp3) is 0.333. The number of carboxylic acid groups (broad SMARTS) is 1. The Morgan fingerprint density at radius 2 is 1.22 bits per heavy atom. The Morgan fingerprint density at radius 1 is 1.06 bits per heavy atom. The highest BCUT2D eigenvalue weighted by atomic mass is 16.4. The average Bonchev–Trinajstić information content (AvgIpc) is 2.15. The molecular weight excluding hydrogens is 244 g/mol. The molecule has 0 fully saturated rings. The minimum Gasteiger partial charge on any atom is -0.478 e. The van der Waals surface area contributed by atoms with Gasteiger partial charge in [-0.1, -0.05) is 6.58 Å². The second kappa shape index (κ2) is 9.78. The fourth-order valence-corrected chi connectivity index (χ4v) is 0.403. The van der Waals surface area contributed by atoms with Gasteiger partial charge in [-0.05, 0) is 21.1 Å². The maximum Gasteiger partial charge on any atom is 0.330 e. The Kier molecular flexibility index (Phi) is 9.76. The van der Waals surface area contributed by atoms with E-state index in [1.54, 1.807) is 15.0 Å². The summed E-state index contributed by atoms with van der Waals surface area (Å²) in [6.45, 7) is 2.96. The second-order valence-electron chi connectivity index (χ2n) is 3.25. The van der Waals surface area contributed by atoms with E-state index in [0.717, 1.165) is 6.08 Å². The van der Waals surface area contributed by atoms with Gasteiger partial charge in [-0.25, -0.2) is 19.2 Å². The zero-order chi connectivity index (χ0) is 14.7. The number of aliphatic carboxylic acids is 1. The van der Waals surface area contributed by atoms with Gasteiger partial charge in [0.1, 0.15) is 0 Å². The van der Waals surface area contributed by atoms with Crippen molar-refractivity contribution in [3.63, 3.8) is 0 Å². The monoisotopic (exact) mass is 260 g/mol. The van der Waals surface area contributed by atoms with Crippen molar-refractivity contribution in [2.75, 3.05) is 21.1 Å². The molecule has 0 saturated heterocycles. The van der Waals surface area contributed by atoms with Crippen molar-refractivity contribution in [3.8, 4) is 0 Å². The number of nitrogens with zero attached hydrogens (tertiary/aromatic N) is 1. The van der Waals surface area contributed by atoms with Gasteiger partial charge in [-0.2, -0.15) is 0 Å². The Bertz CT molecular complexity index is 443. The molecule has 1 aromatic rings. The standard InChI is InChI=1S/C3H3N3O3.C3H9N.C3H4O2/c7-1-4-2(8)6-3(9)5-1;1-4(2)3;1-2-3(4)5/h(H3,4,5,6,7,8,9);1-3H3;2H,1H2,(H,4,5). The van der Waals surface area contributed by atoms with E-state index in [1.165, 1.54) is 0 Å². The molecule has 0 amide bonds. The number of hydrogen-bond donors (Lipinski definition) is 4. The Balaban J connectivity index is 0. The molecule has 0 unspecified atom stereocenters. The highest BCUT2D eigenvalue weighted by Crippen LogP contribution is 1.54. The molecule has 4 N–H and O–H groups in total. The lowest BCUT2D eigenvalue weighted by Gasteiger charge is -1.90. The summed E-state index contributed by atoms with van der Waals surface area (Å²) in [7, 11) is 6.00. The number of rotatable bonds is 1. The molecular formula is C9H16N4O5. The van der Waals surface area contributed by atoms with Gasteiger partial charge in [0.15, 0.2) is 0 Å². The Hall–Kier alpha value is -2.42. The van der Waals surface area contributed by atoms with Crippen molar-refractivity contribution < 1.29 is 9.90 Å². The van der Waals surface area contributed by atoms with E-state index in [2.05, 4.69) is 6.58 Å².